The summed E-state index contributed by atoms with van der Waals surface area (Å²) >= 11 is 1.62. The van der Waals surface area contributed by atoms with Gasteiger partial charge in [0.2, 0.25) is 5.91 Å². The summed E-state index contributed by atoms with van der Waals surface area (Å²) in [6.45, 7) is 1.96. The van der Waals surface area contributed by atoms with Gasteiger partial charge in [0, 0.05) is 37.1 Å². The molecule has 1 saturated heterocycles. The van der Waals surface area contributed by atoms with Crippen LogP contribution in [-0.4, -0.2) is 36.1 Å². The predicted octanol–water partition coefficient (Wildman–Crippen LogP) is 3.20. The minimum absolute atomic E-state index is 0.103. The van der Waals surface area contributed by atoms with Crippen molar-refractivity contribution in [3.05, 3.63) is 41.4 Å². The molecule has 0 unspecified atom stereocenters. The smallest absolute Gasteiger partial charge is 0.225 e. The maximum absolute atomic E-state index is 12.4. The molecule has 2 aromatic rings. The highest BCUT2D eigenvalue weighted by atomic mass is 32.1. The van der Waals surface area contributed by atoms with Crippen LogP contribution in [0.15, 0.2) is 35.7 Å². The molecule has 5 heteroatoms. The van der Waals surface area contributed by atoms with Crippen molar-refractivity contribution >= 4 is 17.2 Å². The molecule has 1 fully saturated rings. The Kier molecular flexibility index (Phi) is 4.85. The van der Waals surface area contributed by atoms with Crippen LogP contribution in [0.1, 0.15) is 18.5 Å². The van der Waals surface area contributed by atoms with E-state index < -0.39 is 0 Å². The molecule has 2 heterocycles. The van der Waals surface area contributed by atoms with Gasteiger partial charge in [0.1, 0.15) is 5.01 Å². The Labute approximate surface area is 134 Å². The van der Waals surface area contributed by atoms with E-state index in [2.05, 4.69) is 17.1 Å². The van der Waals surface area contributed by atoms with Crippen molar-refractivity contribution in [2.75, 3.05) is 20.3 Å². The van der Waals surface area contributed by atoms with Crippen LogP contribution in [0.4, 0.5) is 0 Å². The van der Waals surface area contributed by atoms with Gasteiger partial charge in [-0.25, -0.2) is 4.98 Å². The molecule has 1 aromatic carbocycles. The van der Waals surface area contributed by atoms with Crippen LogP contribution >= 0.6 is 11.3 Å². The van der Waals surface area contributed by atoms with Gasteiger partial charge in [0.25, 0.3) is 0 Å². The van der Waals surface area contributed by atoms with Crippen molar-refractivity contribution in [2.24, 2.45) is 5.92 Å². The zero-order valence-electron chi connectivity index (χ0n) is 12.7. The van der Waals surface area contributed by atoms with Crippen LogP contribution in [0.3, 0.4) is 0 Å². The van der Waals surface area contributed by atoms with Crippen LogP contribution in [0.2, 0.25) is 0 Å². The van der Waals surface area contributed by atoms with Crippen molar-refractivity contribution in [2.45, 2.75) is 19.4 Å². The lowest BCUT2D eigenvalue weighted by Gasteiger charge is -2.26. The van der Waals surface area contributed by atoms with Crippen LogP contribution in [0.5, 0.6) is 0 Å². The Bertz CT molecular complexity index is 621. The first-order valence-corrected chi connectivity index (χ1v) is 8.44. The molecular weight excluding hydrogens is 296 g/mol. The second kappa shape index (κ2) is 7.03. The maximum atomic E-state index is 12.4. The number of carbonyl (C=O) groups is 1. The number of carbonyl (C=O) groups excluding carboxylic acids is 1. The molecule has 0 N–H and O–H groups in total. The molecule has 22 heavy (non-hydrogen) atoms. The van der Waals surface area contributed by atoms with Gasteiger partial charge in [-0.1, -0.05) is 30.3 Å². The molecule has 1 aliphatic heterocycles. The summed E-state index contributed by atoms with van der Waals surface area (Å²) in [5.41, 5.74) is 2.07. The van der Waals surface area contributed by atoms with Crippen LogP contribution < -0.4 is 0 Å². The quantitative estimate of drug-likeness (QED) is 0.870. The second-order valence-electron chi connectivity index (χ2n) is 5.59. The van der Waals surface area contributed by atoms with Crippen LogP contribution in [-0.2, 0) is 16.1 Å². The van der Waals surface area contributed by atoms with E-state index in [4.69, 9.17) is 4.74 Å². The molecule has 0 bridgehead atoms. The van der Waals surface area contributed by atoms with E-state index in [1.165, 1.54) is 0 Å². The first-order chi connectivity index (χ1) is 10.7. The summed E-state index contributed by atoms with van der Waals surface area (Å²) in [4.78, 5) is 18.9. The van der Waals surface area contributed by atoms with Crippen LogP contribution in [0.25, 0.3) is 10.6 Å². The molecule has 0 spiro atoms. The van der Waals surface area contributed by atoms with Crippen molar-refractivity contribution in [3.63, 3.8) is 0 Å². The number of nitrogens with zero attached hydrogens (tertiary/aromatic N) is 2. The molecule has 0 radical (unpaired) electrons. The molecule has 3 rings (SSSR count). The normalized spacial score (nSPS) is 15.7. The highest BCUT2D eigenvalue weighted by Gasteiger charge is 2.24. The van der Waals surface area contributed by atoms with Gasteiger partial charge in [-0.15, -0.1) is 11.3 Å². The van der Waals surface area contributed by atoms with E-state index in [-0.39, 0.29) is 11.8 Å². The number of hydrogen-bond acceptors (Lipinski definition) is 4. The minimum atomic E-state index is 0.103. The Morgan fingerprint density at radius 3 is 2.77 bits per heavy atom. The van der Waals surface area contributed by atoms with Gasteiger partial charge in [-0.05, 0) is 12.8 Å². The predicted molar refractivity (Wildman–Crippen MR) is 87.6 cm³/mol. The number of amides is 1. The molecule has 0 saturated carbocycles. The van der Waals surface area contributed by atoms with E-state index in [1.807, 2.05) is 30.6 Å². The van der Waals surface area contributed by atoms with Gasteiger partial charge in [-0.3, -0.25) is 4.79 Å². The summed E-state index contributed by atoms with van der Waals surface area (Å²) in [5, 5.41) is 3.04. The monoisotopic (exact) mass is 316 g/mol. The van der Waals surface area contributed by atoms with Crippen LogP contribution in [0, 0.1) is 5.92 Å². The highest BCUT2D eigenvalue weighted by molar-refractivity contribution is 7.13. The topological polar surface area (TPSA) is 42.4 Å². The number of benzene rings is 1. The van der Waals surface area contributed by atoms with E-state index in [9.17, 15) is 4.79 Å². The minimum Gasteiger partial charge on any atom is -0.381 e. The van der Waals surface area contributed by atoms with E-state index in [0.717, 1.165) is 29.1 Å². The van der Waals surface area contributed by atoms with E-state index in [0.29, 0.717) is 19.8 Å². The lowest BCUT2D eigenvalue weighted by molar-refractivity contribution is -0.137. The summed E-state index contributed by atoms with van der Waals surface area (Å²) in [7, 11) is 1.86. The average Bonchev–Trinajstić information content (AvgIpc) is 3.04. The first kappa shape index (κ1) is 15.2. The molecule has 4 nitrogen and oxygen atoms in total. The summed E-state index contributed by atoms with van der Waals surface area (Å²) in [5.74, 6) is 0.309. The van der Waals surface area contributed by atoms with Crippen molar-refractivity contribution in [1.82, 2.24) is 9.88 Å². The largest absolute Gasteiger partial charge is 0.381 e. The van der Waals surface area contributed by atoms with E-state index in [1.54, 1.807) is 16.2 Å². The summed E-state index contributed by atoms with van der Waals surface area (Å²) in [6, 6.07) is 10.1. The third kappa shape index (κ3) is 3.54. The number of aromatic nitrogens is 1. The van der Waals surface area contributed by atoms with Gasteiger partial charge >= 0.3 is 0 Å². The average molecular weight is 316 g/mol. The van der Waals surface area contributed by atoms with Crippen molar-refractivity contribution < 1.29 is 9.53 Å². The SMILES string of the molecule is CN(Cc1csc(-c2ccccc2)n1)C(=O)C1CCOCC1. The Morgan fingerprint density at radius 1 is 1.32 bits per heavy atom. The molecule has 116 valence electrons. The Morgan fingerprint density at radius 2 is 2.05 bits per heavy atom. The molecule has 0 aliphatic carbocycles. The van der Waals surface area contributed by atoms with Gasteiger partial charge in [0.05, 0.1) is 12.2 Å². The maximum Gasteiger partial charge on any atom is 0.225 e. The fourth-order valence-corrected chi connectivity index (χ4v) is 3.49. The number of ether oxygens (including phenoxy) is 1. The van der Waals surface area contributed by atoms with Gasteiger partial charge in [-0.2, -0.15) is 0 Å². The molecule has 1 aliphatic rings. The molecule has 1 amide bonds. The van der Waals surface area contributed by atoms with E-state index >= 15 is 0 Å². The van der Waals surface area contributed by atoms with Gasteiger partial charge < -0.3 is 9.64 Å². The number of rotatable bonds is 4. The van der Waals surface area contributed by atoms with Gasteiger partial charge in [0.15, 0.2) is 0 Å². The number of thiazole rings is 1. The van der Waals surface area contributed by atoms with Crippen molar-refractivity contribution in [1.29, 1.82) is 0 Å². The Hall–Kier alpha value is -1.72. The first-order valence-electron chi connectivity index (χ1n) is 7.56. The third-order valence-electron chi connectivity index (χ3n) is 3.92. The lowest BCUT2D eigenvalue weighted by Crippen LogP contribution is -2.35. The number of hydrogen-bond donors (Lipinski definition) is 0. The zero-order chi connectivity index (χ0) is 15.4. The van der Waals surface area contributed by atoms with Crippen molar-refractivity contribution in [3.8, 4) is 10.6 Å². The standard InChI is InChI=1S/C17H20N2O2S/c1-19(17(20)14-7-9-21-10-8-14)11-15-12-22-16(18-15)13-5-3-2-4-6-13/h2-6,12,14H,7-11H2,1H3. The molecule has 0 atom stereocenters. The summed E-state index contributed by atoms with van der Waals surface area (Å²) in [6.07, 6.45) is 1.66. The fourth-order valence-electron chi connectivity index (χ4n) is 2.67. The zero-order valence-corrected chi connectivity index (χ0v) is 13.5. The second-order valence-corrected chi connectivity index (χ2v) is 6.45. The lowest BCUT2D eigenvalue weighted by atomic mass is 9.99. The Balaban J connectivity index is 1.63. The molecular formula is C17H20N2O2S. The fraction of sp³-hybridized carbons (Fsp3) is 0.412. The summed E-state index contributed by atoms with van der Waals surface area (Å²) < 4.78 is 5.32. The molecule has 1 aromatic heterocycles. The third-order valence-corrected chi connectivity index (χ3v) is 4.86. The highest BCUT2D eigenvalue weighted by Crippen LogP contribution is 2.24.